The lowest BCUT2D eigenvalue weighted by Gasteiger charge is -2.51. The Bertz CT molecular complexity index is 250. The Morgan fingerprint density at radius 1 is 1.19 bits per heavy atom. The second-order valence-electron chi connectivity index (χ2n) is 5.87. The predicted molar refractivity (Wildman–Crippen MR) is 64.6 cm³/mol. The Hall–Kier alpha value is -0.590. The van der Waals surface area contributed by atoms with Gasteiger partial charge in [-0.1, -0.05) is 0 Å². The van der Waals surface area contributed by atoms with Crippen LogP contribution in [0.4, 0.5) is 0 Å². The average Bonchev–Trinajstić information content (AvgIpc) is 2.14. The van der Waals surface area contributed by atoms with Gasteiger partial charge in [0.25, 0.3) is 0 Å². The molecule has 0 atom stereocenters. The van der Waals surface area contributed by atoms with Crippen molar-refractivity contribution < 1.29 is 4.84 Å². The summed E-state index contributed by atoms with van der Waals surface area (Å²) >= 11 is 0. The molecule has 0 bridgehead atoms. The SMILES string of the molecule is CC1(C)CCCC(C)(C)N1OCCCC#N. The number of rotatable bonds is 4. The van der Waals surface area contributed by atoms with Crippen molar-refractivity contribution in [1.82, 2.24) is 5.06 Å². The topological polar surface area (TPSA) is 36.3 Å². The van der Waals surface area contributed by atoms with Crippen molar-refractivity contribution in [1.29, 1.82) is 5.26 Å². The summed E-state index contributed by atoms with van der Waals surface area (Å²) < 4.78 is 0. The van der Waals surface area contributed by atoms with Crippen molar-refractivity contribution in [2.75, 3.05) is 6.61 Å². The fraction of sp³-hybridized carbons (Fsp3) is 0.923. The highest BCUT2D eigenvalue weighted by Gasteiger charge is 2.42. The minimum absolute atomic E-state index is 0.106. The summed E-state index contributed by atoms with van der Waals surface area (Å²) in [5, 5.41) is 10.6. The van der Waals surface area contributed by atoms with E-state index in [-0.39, 0.29) is 11.1 Å². The van der Waals surface area contributed by atoms with Gasteiger partial charge in [-0.3, -0.25) is 4.84 Å². The van der Waals surface area contributed by atoms with Crippen LogP contribution in [0.5, 0.6) is 0 Å². The van der Waals surface area contributed by atoms with Gasteiger partial charge in [-0.2, -0.15) is 10.3 Å². The third-order valence-corrected chi connectivity index (χ3v) is 3.33. The zero-order valence-electron chi connectivity index (χ0n) is 11.0. The normalized spacial score (nSPS) is 23.9. The van der Waals surface area contributed by atoms with Gasteiger partial charge in [0.2, 0.25) is 0 Å². The van der Waals surface area contributed by atoms with Crippen LogP contribution >= 0.6 is 0 Å². The van der Waals surface area contributed by atoms with Crippen LogP contribution < -0.4 is 0 Å². The van der Waals surface area contributed by atoms with Gasteiger partial charge in [-0.25, -0.2) is 0 Å². The predicted octanol–water partition coefficient (Wildman–Crippen LogP) is 3.26. The van der Waals surface area contributed by atoms with E-state index in [1.54, 1.807) is 0 Å². The van der Waals surface area contributed by atoms with E-state index in [1.807, 2.05) is 0 Å². The molecule has 0 aromatic rings. The van der Waals surface area contributed by atoms with Gasteiger partial charge in [0.1, 0.15) is 0 Å². The molecule has 3 heteroatoms. The Labute approximate surface area is 99.3 Å². The van der Waals surface area contributed by atoms with Crippen LogP contribution in [0, 0.1) is 11.3 Å². The van der Waals surface area contributed by atoms with E-state index in [9.17, 15) is 0 Å². The number of hydrogen-bond acceptors (Lipinski definition) is 3. The first kappa shape index (κ1) is 13.5. The smallest absolute Gasteiger partial charge is 0.0695 e. The summed E-state index contributed by atoms with van der Waals surface area (Å²) in [5.74, 6) is 0. The van der Waals surface area contributed by atoms with Crippen molar-refractivity contribution in [3.8, 4) is 6.07 Å². The molecule has 1 aliphatic rings. The number of nitriles is 1. The standard InChI is InChI=1S/C13H24N2O/c1-12(2)8-7-9-13(3,4)15(12)16-11-6-5-10-14/h5-9,11H2,1-4H3. The summed E-state index contributed by atoms with van der Waals surface area (Å²) in [5.41, 5.74) is 0.211. The molecule has 0 saturated carbocycles. The first-order chi connectivity index (χ1) is 7.40. The molecule has 0 aromatic heterocycles. The molecule has 1 rings (SSSR count). The number of piperidine rings is 1. The number of unbranched alkanes of at least 4 members (excludes halogenated alkanes) is 1. The summed E-state index contributed by atoms with van der Waals surface area (Å²) in [6.45, 7) is 9.59. The molecule has 0 unspecified atom stereocenters. The molecule has 1 aliphatic heterocycles. The lowest BCUT2D eigenvalue weighted by molar-refractivity contribution is -0.280. The summed E-state index contributed by atoms with van der Waals surface area (Å²) in [6, 6.07) is 2.15. The number of nitrogens with zero attached hydrogens (tertiary/aromatic N) is 2. The van der Waals surface area contributed by atoms with E-state index < -0.39 is 0 Å². The first-order valence-electron chi connectivity index (χ1n) is 6.20. The maximum atomic E-state index is 8.49. The first-order valence-corrected chi connectivity index (χ1v) is 6.20. The molecule has 0 aliphatic carbocycles. The third-order valence-electron chi connectivity index (χ3n) is 3.33. The molecule has 0 spiro atoms. The maximum absolute atomic E-state index is 8.49. The molecular weight excluding hydrogens is 200 g/mol. The summed E-state index contributed by atoms with van der Waals surface area (Å²) in [7, 11) is 0. The van der Waals surface area contributed by atoms with Crippen molar-refractivity contribution in [2.45, 2.75) is 70.9 Å². The summed E-state index contributed by atoms with van der Waals surface area (Å²) in [4.78, 5) is 5.90. The van der Waals surface area contributed by atoms with Crippen molar-refractivity contribution >= 4 is 0 Å². The van der Waals surface area contributed by atoms with Crippen LogP contribution in [-0.2, 0) is 4.84 Å². The Morgan fingerprint density at radius 3 is 2.25 bits per heavy atom. The molecule has 1 heterocycles. The average molecular weight is 224 g/mol. The monoisotopic (exact) mass is 224 g/mol. The van der Waals surface area contributed by atoms with Gasteiger partial charge in [0.15, 0.2) is 0 Å². The zero-order chi connectivity index (χ0) is 12.2. The van der Waals surface area contributed by atoms with E-state index in [1.165, 1.54) is 19.3 Å². The van der Waals surface area contributed by atoms with Gasteiger partial charge < -0.3 is 0 Å². The van der Waals surface area contributed by atoms with E-state index in [0.717, 1.165) is 6.42 Å². The molecule has 0 amide bonds. The van der Waals surface area contributed by atoms with Crippen molar-refractivity contribution in [2.24, 2.45) is 0 Å². The molecule has 0 N–H and O–H groups in total. The van der Waals surface area contributed by atoms with Gasteiger partial charge in [-0.05, 0) is 53.4 Å². The highest BCUT2D eigenvalue weighted by molar-refractivity contribution is 4.92. The Morgan fingerprint density at radius 2 is 1.75 bits per heavy atom. The fourth-order valence-electron chi connectivity index (χ4n) is 2.63. The Balaban J connectivity index is 2.54. The quantitative estimate of drug-likeness (QED) is 0.688. The zero-order valence-corrected chi connectivity index (χ0v) is 11.0. The molecule has 92 valence electrons. The maximum Gasteiger partial charge on any atom is 0.0695 e. The van der Waals surface area contributed by atoms with Gasteiger partial charge in [0, 0.05) is 17.5 Å². The molecule has 0 radical (unpaired) electrons. The molecule has 16 heavy (non-hydrogen) atoms. The van der Waals surface area contributed by atoms with Gasteiger partial charge >= 0.3 is 0 Å². The van der Waals surface area contributed by atoms with Gasteiger partial charge in [0.05, 0.1) is 12.7 Å². The van der Waals surface area contributed by atoms with Crippen molar-refractivity contribution in [3.05, 3.63) is 0 Å². The minimum Gasteiger partial charge on any atom is -0.298 e. The third kappa shape index (κ3) is 3.20. The van der Waals surface area contributed by atoms with Crippen LogP contribution in [0.1, 0.15) is 59.8 Å². The lowest BCUT2D eigenvalue weighted by Crippen LogP contribution is -2.58. The van der Waals surface area contributed by atoms with Crippen LogP contribution in [0.25, 0.3) is 0 Å². The Kier molecular flexibility index (Phi) is 4.35. The van der Waals surface area contributed by atoms with Crippen LogP contribution in [0.2, 0.25) is 0 Å². The summed E-state index contributed by atoms with van der Waals surface area (Å²) in [6.07, 6.45) is 5.01. The van der Waals surface area contributed by atoms with Gasteiger partial charge in [-0.15, -0.1) is 0 Å². The number of hydroxylamine groups is 2. The van der Waals surface area contributed by atoms with Crippen LogP contribution in [-0.4, -0.2) is 22.7 Å². The minimum atomic E-state index is 0.106. The second kappa shape index (κ2) is 5.16. The van der Waals surface area contributed by atoms with E-state index in [0.29, 0.717) is 13.0 Å². The van der Waals surface area contributed by atoms with Crippen molar-refractivity contribution in [3.63, 3.8) is 0 Å². The second-order valence-corrected chi connectivity index (χ2v) is 5.87. The lowest BCUT2D eigenvalue weighted by atomic mass is 9.82. The highest BCUT2D eigenvalue weighted by Crippen LogP contribution is 2.38. The van der Waals surface area contributed by atoms with Crippen LogP contribution in [0.3, 0.4) is 0 Å². The number of hydrogen-bond donors (Lipinski definition) is 0. The van der Waals surface area contributed by atoms with E-state index in [4.69, 9.17) is 10.1 Å². The fourth-order valence-corrected chi connectivity index (χ4v) is 2.63. The molecule has 0 aromatic carbocycles. The van der Waals surface area contributed by atoms with E-state index >= 15 is 0 Å². The molecule has 1 saturated heterocycles. The molecule has 3 nitrogen and oxygen atoms in total. The van der Waals surface area contributed by atoms with Crippen LogP contribution in [0.15, 0.2) is 0 Å². The highest BCUT2D eigenvalue weighted by atomic mass is 16.7. The molecule has 1 fully saturated rings. The van der Waals surface area contributed by atoms with E-state index in [2.05, 4.69) is 38.8 Å². The largest absolute Gasteiger partial charge is 0.298 e. The molecular formula is C13H24N2O.